The number of hydrogen-bond donors (Lipinski definition) is 2. The summed E-state index contributed by atoms with van der Waals surface area (Å²) in [6.07, 6.45) is 2.66. The second-order valence-corrected chi connectivity index (χ2v) is 5.05. The van der Waals surface area contributed by atoms with E-state index in [0.29, 0.717) is 17.8 Å². The van der Waals surface area contributed by atoms with Gasteiger partial charge in [-0.15, -0.1) is 0 Å². The van der Waals surface area contributed by atoms with Crippen molar-refractivity contribution in [2.75, 3.05) is 18.5 Å². The summed E-state index contributed by atoms with van der Waals surface area (Å²) in [6, 6.07) is 4.09. The summed E-state index contributed by atoms with van der Waals surface area (Å²) < 4.78 is 0. The molecule has 0 bridgehead atoms. The molecule has 2 rings (SSSR count). The number of anilines is 1. The molecule has 1 atom stereocenters. The molecule has 1 aliphatic rings. The summed E-state index contributed by atoms with van der Waals surface area (Å²) in [5, 5.41) is 23.0. The van der Waals surface area contributed by atoms with Crippen LogP contribution in [0.15, 0.2) is 18.2 Å². The molecule has 1 amide bonds. The number of nitrogens with one attached hydrogen (secondary N) is 1. The Hall–Kier alpha value is -2.15. The largest absolute Gasteiger partial charge is 0.392 e. The second kappa shape index (κ2) is 6.53. The highest BCUT2D eigenvalue weighted by molar-refractivity contribution is 5.85. The zero-order valence-corrected chi connectivity index (χ0v) is 11.9. The number of nitrogens with zero attached hydrogens (tertiary/aromatic N) is 2. The average molecular weight is 293 g/mol. The number of carbonyl (C=O) groups excluding carboxylic acids is 1. The molecule has 1 fully saturated rings. The van der Waals surface area contributed by atoms with Crippen LogP contribution in [0.1, 0.15) is 24.8 Å². The summed E-state index contributed by atoms with van der Waals surface area (Å²) in [5.41, 5.74) is 1.10. The third kappa shape index (κ3) is 3.13. The van der Waals surface area contributed by atoms with E-state index in [2.05, 4.69) is 5.32 Å². The van der Waals surface area contributed by atoms with Crippen LogP contribution in [-0.4, -0.2) is 35.6 Å². The number of carbonyl (C=O) groups is 1. The van der Waals surface area contributed by atoms with Gasteiger partial charge in [-0.1, -0.05) is 0 Å². The third-order valence-corrected chi connectivity index (χ3v) is 3.81. The Morgan fingerprint density at radius 3 is 2.90 bits per heavy atom. The molecule has 0 radical (unpaired) electrons. The first-order chi connectivity index (χ1) is 10.1. The topological polar surface area (TPSA) is 95.7 Å². The summed E-state index contributed by atoms with van der Waals surface area (Å²) in [6.45, 7) is 0.400. The lowest BCUT2D eigenvalue weighted by atomic mass is 9.99. The van der Waals surface area contributed by atoms with E-state index in [1.807, 2.05) is 4.90 Å². The molecule has 7 heteroatoms. The maximum atomic E-state index is 12.0. The number of hydrogen-bond acceptors (Lipinski definition) is 5. The fraction of sp³-hybridized carbons (Fsp3) is 0.500. The van der Waals surface area contributed by atoms with Crippen molar-refractivity contribution < 1.29 is 14.8 Å². The summed E-state index contributed by atoms with van der Waals surface area (Å²) in [5.74, 6) is -0.0723. The first kappa shape index (κ1) is 15.2. The molecule has 114 valence electrons. The van der Waals surface area contributed by atoms with Crippen molar-refractivity contribution in [2.45, 2.75) is 31.9 Å². The summed E-state index contributed by atoms with van der Waals surface area (Å²) >= 11 is 0. The van der Waals surface area contributed by atoms with Crippen molar-refractivity contribution in [1.29, 1.82) is 0 Å². The van der Waals surface area contributed by atoms with Gasteiger partial charge in [-0.05, 0) is 25.3 Å². The van der Waals surface area contributed by atoms with Crippen molar-refractivity contribution in [3.8, 4) is 0 Å². The van der Waals surface area contributed by atoms with Crippen LogP contribution in [0, 0.1) is 10.1 Å². The molecule has 2 N–H and O–H groups in total. The van der Waals surface area contributed by atoms with Crippen molar-refractivity contribution in [1.82, 2.24) is 5.32 Å². The van der Waals surface area contributed by atoms with Crippen LogP contribution in [0.2, 0.25) is 0 Å². The van der Waals surface area contributed by atoms with E-state index in [9.17, 15) is 20.0 Å². The summed E-state index contributed by atoms with van der Waals surface area (Å²) in [4.78, 5) is 24.3. The lowest BCUT2D eigenvalue weighted by Gasteiger charge is -2.37. The van der Waals surface area contributed by atoms with Crippen LogP contribution < -0.4 is 10.2 Å². The molecule has 0 spiro atoms. The number of piperidine rings is 1. The van der Waals surface area contributed by atoms with E-state index >= 15 is 0 Å². The molecule has 1 heterocycles. The third-order valence-electron chi connectivity index (χ3n) is 3.81. The number of nitro benzene ring substituents is 1. The Bertz CT molecular complexity index is 547. The second-order valence-electron chi connectivity index (χ2n) is 5.05. The molecule has 21 heavy (non-hydrogen) atoms. The maximum absolute atomic E-state index is 12.0. The van der Waals surface area contributed by atoms with Crippen LogP contribution in [0.3, 0.4) is 0 Å². The van der Waals surface area contributed by atoms with Gasteiger partial charge in [0, 0.05) is 37.0 Å². The van der Waals surface area contributed by atoms with Gasteiger partial charge in [-0.2, -0.15) is 0 Å². The Labute approximate surface area is 122 Å². The standard InChI is InChI=1S/C14H19N3O4/c1-15-14(19)13-4-2-3-7-16(13)12-6-5-11(17(20)21)8-10(12)9-18/h5-6,8,13,18H,2-4,7,9H2,1H3,(H,15,19). The van der Waals surface area contributed by atoms with Gasteiger partial charge in [-0.3, -0.25) is 14.9 Å². The van der Waals surface area contributed by atoms with Gasteiger partial charge in [0.15, 0.2) is 0 Å². The number of benzene rings is 1. The predicted molar refractivity (Wildman–Crippen MR) is 78.1 cm³/mol. The number of aliphatic hydroxyl groups is 1. The predicted octanol–water partition coefficient (Wildman–Crippen LogP) is 1.19. The van der Waals surface area contributed by atoms with Crippen molar-refractivity contribution >= 4 is 17.3 Å². The van der Waals surface area contributed by atoms with Gasteiger partial charge >= 0.3 is 0 Å². The highest BCUT2D eigenvalue weighted by atomic mass is 16.6. The highest BCUT2D eigenvalue weighted by Gasteiger charge is 2.29. The molecule has 0 saturated carbocycles. The van der Waals surface area contributed by atoms with Crippen molar-refractivity contribution in [3.05, 3.63) is 33.9 Å². The molecule has 0 aromatic heterocycles. The van der Waals surface area contributed by atoms with E-state index in [4.69, 9.17) is 0 Å². The lowest BCUT2D eigenvalue weighted by Crippen LogP contribution is -2.49. The van der Waals surface area contributed by atoms with Gasteiger partial charge in [0.2, 0.25) is 5.91 Å². The Kier molecular flexibility index (Phi) is 4.74. The lowest BCUT2D eigenvalue weighted by molar-refractivity contribution is -0.384. The van der Waals surface area contributed by atoms with Gasteiger partial charge in [0.1, 0.15) is 6.04 Å². The van der Waals surface area contributed by atoms with Gasteiger partial charge in [0.25, 0.3) is 5.69 Å². The van der Waals surface area contributed by atoms with E-state index in [1.165, 1.54) is 12.1 Å². The van der Waals surface area contributed by atoms with E-state index in [-0.39, 0.29) is 24.2 Å². The van der Waals surface area contributed by atoms with E-state index in [1.54, 1.807) is 13.1 Å². The zero-order chi connectivity index (χ0) is 15.4. The number of non-ortho nitro benzene ring substituents is 1. The van der Waals surface area contributed by atoms with Crippen LogP contribution in [0.25, 0.3) is 0 Å². The zero-order valence-electron chi connectivity index (χ0n) is 11.9. The number of nitro groups is 1. The normalized spacial score (nSPS) is 18.4. The SMILES string of the molecule is CNC(=O)C1CCCCN1c1ccc([N+](=O)[O-])cc1CO. The van der Waals surface area contributed by atoms with Crippen LogP contribution in [0.5, 0.6) is 0 Å². The smallest absolute Gasteiger partial charge is 0.269 e. The first-order valence-corrected chi connectivity index (χ1v) is 6.95. The van der Waals surface area contributed by atoms with Crippen LogP contribution >= 0.6 is 0 Å². The highest BCUT2D eigenvalue weighted by Crippen LogP contribution is 2.30. The molecular formula is C14H19N3O4. The van der Waals surface area contributed by atoms with Gasteiger partial charge in [-0.25, -0.2) is 0 Å². The molecular weight excluding hydrogens is 274 g/mol. The summed E-state index contributed by atoms with van der Waals surface area (Å²) in [7, 11) is 1.60. The molecule has 1 saturated heterocycles. The van der Waals surface area contributed by atoms with E-state index in [0.717, 1.165) is 19.3 Å². The quantitative estimate of drug-likeness (QED) is 0.642. The first-order valence-electron chi connectivity index (χ1n) is 6.95. The fourth-order valence-electron chi connectivity index (χ4n) is 2.75. The number of aliphatic hydroxyl groups excluding tert-OH is 1. The molecule has 0 aliphatic carbocycles. The monoisotopic (exact) mass is 293 g/mol. The van der Waals surface area contributed by atoms with Gasteiger partial charge < -0.3 is 15.3 Å². The minimum atomic E-state index is -0.491. The molecule has 1 aliphatic heterocycles. The van der Waals surface area contributed by atoms with Crippen LogP contribution in [0.4, 0.5) is 11.4 Å². The number of likely N-dealkylation sites (N-methyl/N-ethyl adjacent to an activating group) is 1. The average Bonchev–Trinajstić information content (AvgIpc) is 2.53. The Morgan fingerprint density at radius 1 is 1.52 bits per heavy atom. The van der Waals surface area contributed by atoms with Crippen molar-refractivity contribution in [3.63, 3.8) is 0 Å². The minimum absolute atomic E-state index is 0.0590. The van der Waals surface area contributed by atoms with Crippen LogP contribution in [-0.2, 0) is 11.4 Å². The minimum Gasteiger partial charge on any atom is -0.392 e. The Morgan fingerprint density at radius 2 is 2.29 bits per heavy atom. The number of rotatable bonds is 4. The van der Waals surface area contributed by atoms with Crippen molar-refractivity contribution in [2.24, 2.45) is 0 Å². The molecule has 1 unspecified atom stereocenters. The fourth-order valence-corrected chi connectivity index (χ4v) is 2.75. The van der Waals surface area contributed by atoms with E-state index < -0.39 is 4.92 Å². The molecule has 7 nitrogen and oxygen atoms in total. The molecule has 1 aromatic carbocycles. The maximum Gasteiger partial charge on any atom is 0.269 e. The molecule has 1 aromatic rings. The Balaban J connectivity index is 2.38. The van der Waals surface area contributed by atoms with Gasteiger partial charge in [0.05, 0.1) is 11.5 Å². The number of amides is 1.